The van der Waals surface area contributed by atoms with Crippen molar-refractivity contribution in [2.45, 2.75) is 66.2 Å². The molecule has 0 saturated heterocycles. The van der Waals surface area contributed by atoms with Gasteiger partial charge in [-0.15, -0.1) is 0 Å². The number of hydrogen-bond acceptors (Lipinski definition) is 3. The zero-order chi connectivity index (χ0) is 14.7. The molecule has 0 rings (SSSR count). The predicted molar refractivity (Wildman–Crippen MR) is 77.7 cm³/mol. The predicted octanol–water partition coefficient (Wildman–Crippen LogP) is 4.33. The van der Waals surface area contributed by atoms with Crippen molar-refractivity contribution in [2.75, 3.05) is 0 Å². The Morgan fingerprint density at radius 3 is 1.42 bits per heavy atom. The molecule has 0 bridgehead atoms. The van der Waals surface area contributed by atoms with Gasteiger partial charge in [-0.1, -0.05) is 52.7 Å². The molecule has 0 aliphatic heterocycles. The summed E-state index contributed by atoms with van der Waals surface area (Å²) in [4.78, 5) is 23.7. The largest absolute Gasteiger partial charge is 0.386 e. The number of carbonyl (C=O) groups is 2. The van der Waals surface area contributed by atoms with E-state index in [1.54, 1.807) is 0 Å². The fourth-order valence-electron chi connectivity index (χ4n) is 1.60. The molecule has 19 heavy (non-hydrogen) atoms. The molecule has 0 aromatic carbocycles. The van der Waals surface area contributed by atoms with Crippen LogP contribution in [0.4, 0.5) is 0 Å². The van der Waals surface area contributed by atoms with Crippen LogP contribution in [0.5, 0.6) is 0 Å². The quantitative estimate of drug-likeness (QED) is 0.373. The molecule has 0 fully saturated rings. The van der Waals surface area contributed by atoms with Crippen LogP contribution < -0.4 is 0 Å². The Kier molecular flexibility index (Phi) is 9.77. The van der Waals surface area contributed by atoms with Crippen LogP contribution in [0.1, 0.15) is 66.2 Å². The van der Waals surface area contributed by atoms with Crippen LogP contribution in [-0.2, 0) is 14.3 Å². The molecule has 0 atom stereocenters. The van der Waals surface area contributed by atoms with Gasteiger partial charge in [0, 0.05) is 11.1 Å². The van der Waals surface area contributed by atoms with Gasteiger partial charge >= 0.3 is 11.9 Å². The minimum Gasteiger partial charge on any atom is -0.386 e. The van der Waals surface area contributed by atoms with Crippen LogP contribution >= 0.6 is 0 Å². The smallest absolute Gasteiger partial charge is 0.341 e. The highest BCUT2D eigenvalue weighted by atomic mass is 16.6. The molecule has 0 aliphatic rings. The summed E-state index contributed by atoms with van der Waals surface area (Å²) in [7, 11) is 0. The molecule has 0 N–H and O–H groups in total. The van der Waals surface area contributed by atoms with Gasteiger partial charge in [0.15, 0.2) is 0 Å². The third kappa shape index (κ3) is 6.94. The summed E-state index contributed by atoms with van der Waals surface area (Å²) >= 11 is 0. The van der Waals surface area contributed by atoms with Gasteiger partial charge in [0.25, 0.3) is 0 Å². The van der Waals surface area contributed by atoms with Gasteiger partial charge in [-0.25, -0.2) is 9.59 Å². The molecule has 0 spiro atoms. The van der Waals surface area contributed by atoms with E-state index in [0.717, 1.165) is 25.7 Å². The average Bonchev–Trinajstić information content (AvgIpc) is 2.40. The Morgan fingerprint density at radius 2 is 1.16 bits per heavy atom. The molecule has 0 unspecified atom stereocenters. The van der Waals surface area contributed by atoms with Crippen molar-refractivity contribution in [3.05, 3.63) is 23.3 Å². The number of rotatable bonds is 8. The zero-order valence-corrected chi connectivity index (χ0v) is 12.6. The number of ether oxygens (including phenoxy) is 1. The molecule has 0 aromatic heterocycles. The number of carbonyl (C=O) groups excluding carboxylic acids is 2. The second-order valence-electron chi connectivity index (χ2n) is 4.42. The van der Waals surface area contributed by atoms with E-state index in [2.05, 4.69) is 0 Å². The lowest BCUT2D eigenvalue weighted by atomic mass is 10.1. The molecule has 0 aromatic rings. The van der Waals surface area contributed by atoms with E-state index in [9.17, 15) is 9.59 Å². The Labute approximate surface area is 116 Å². The van der Waals surface area contributed by atoms with Crippen LogP contribution in [0.25, 0.3) is 0 Å². The molecule has 3 heteroatoms. The lowest BCUT2D eigenvalue weighted by molar-refractivity contribution is -0.154. The van der Waals surface area contributed by atoms with Crippen molar-refractivity contribution in [3.8, 4) is 0 Å². The van der Waals surface area contributed by atoms with Crippen molar-refractivity contribution in [1.29, 1.82) is 0 Å². The first-order valence-corrected chi connectivity index (χ1v) is 7.25. The lowest BCUT2D eigenvalue weighted by Crippen LogP contribution is -2.16. The summed E-state index contributed by atoms with van der Waals surface area (Å²) in [6.07, 6.45) is 8.51. The van der Waals surface area contributed by atoms with E-state index < -0.39 is 11.9 Å². The maximum Gasteiger partial charge on any atom is 0.341 e. The molecule has 108 valence electrons. The van der Waals surface area contributed by atoms with E-state index in [4.69, 9.17) is 4.74 Å². The number of unbranched alkanes of at least 4 members (excludes halogenated alkanes) is 2. The van der Waals surface area contributed by atoms with Gasteiger partial charge in [-0.2, -0.15) is 0 Å². The third-order valence-electron chi connectivity index (χ3n) is 2.83. The molecule has 3 nitrogen and oxygen atoms in total. The Bertz CT molecular complexity index is 317. The van der Waals surface area contributed by atoms with Crippen molar-refractivity contribution in [3.63, 3.8) is 0 Å². The summed E-state index contributed by atoms with van der Waals surface area (Å²) in [6, 6.07) is 0. The molecular weight excluding hydrogens is 240 g/mol. The van der Waals surface area contributed by atoms with Crippen LogP contribution in [0.2, 0.25) is 0 Å². The van der Waals surface area contributed by atoms with Crippen molar-refractivity contribution in [2.24, 2.45) is 0 Å². The summed E-state index contributed by atoms with van der Waals surface area (Å²) in [6.45, 7) is 7.87. The molecule has 0 radical (unpaired) electrons. The normalized spacial score (nSPS) is 12.4. The summed E-state index contributed by atoms with van der Waals surface area (Å²) in [5, 5.41) is 0. The highest BCUT2D eigenvalue weighted by molar-refractivity contribution is 6.01. The number of esters is 2. The van der Waals surface area contributed by atoms with Gasteiger partial charge < -0.3 is 4.74 Å². The molecule has 0 heterocycles. The molecule has 0 saturated carbocycles. The van der Waals surface area contributed by atoms with Gasteiger partial charge in [0.2, 0.25) is 0 Å². The molecule has 0 aliphatic carbocycles. The minimum atomic E-state index is -0.503. The third-order valence-corrected chi connectivity index (χ3v) is 2.83. The van der Waals surface area contributed by atoms with Gasteiger partial charge in [-0.05, 0) is 25.7 Å². The zero-order valence-electron chi connectivity index (χ0n) is 12.6. The maximum absolute atomic E-state index is 11.8. The summed E-state index contributed by atoms with van der Waals surface area (Å²) in [5.74, 6) is -1.01. The van der Waals surface area contributed by atoms with Crippen LogP contribution in [0, 0.1) is 0 Å². The van der Waals surface area contributed by atoms with E-state index in [1.807, 2.05) is 39.8 Å². The summed E-state index contributed by atoms with van der Waals surface area (Å²) < 4.78 is 4.94. The van der Waals surface area contributed by atoms with Crippen LogP contribution in [0.3, 0.4) is 0 Å². The van der Waals surface area contributed by atoms with E-state index in [0.29, 0.717) is 24.0 Å². The van der Waals surface area contributed by atoms with Gasteiger partial charge in [0.05, 0.1) is 0 Å². The second-order valence-corrected chi connectivity index (χ2v) is 4.42. The highest BCUT2D eigenvalue weighted by Crippen LogP contribution is 2.11. The van der Waals surface area contributed by atoms with Gasteiger partial charge in [-0.3, -0.25) is 0 Å². The second kappa shape index (κ2) is 10.5. The van der Waals surface area contributed by atoms with E-state index in [1.165, 1.54) is 0 Å². The fraction of sp³-hybridized carbons (Fsp3) is 0.625. The Hall–Kier alpha value is -1.38. The van der Waals surface area contributed by atoms with Crippen LogP contribution in [-0.4, -0.2) is 11.9 Å². The highest BCUT2D eigenvalue weighted by Gasteiger charge is 2.16. The van der Waals surface area contributed by atoms with Gasteiger partial charge in [0.1, 0.15) is 0 Å². The monoisotopic (exact) mass is 266 g/mol. The Balaban J connectivity index is 4.65. The van der Waals surface area contributed by atoms with E-state index in [-0.39, 0.29) is 0 Å². The number of hydrogen-bond donors (Lipinski definition) is 0. The molecule has 0 amide bonds. The number of allylic oxidation sites excluding steroid dienone is 2. The van der Waals surface area contributed by atoms with Crippen molar-refractivity contribution >= 4 is 11.9 Å². The van der Waals surface area contributed by atoms with Crippen molar-refractivity contribution < 1.29 is 14.3 Å². The molecular formula is C16H26O3. The maximum atomic E-state index is 11.8. The fourth-order valence-corrected chi connectivity index (χ4v) is 1.60. The van der Waals surface area contributed by atoms with Crippen molar-refractivity contribution in [1.82, 2.24) is 0 Å². The Morgan fingerprint density at radius 1 is 0.789 bits per heavy atom. The minimum absolute atomic E-state index is 0.503. The average molecular weight is 266 g/mol. The first-order chi connectivity index (χ1) is 9.10. The first-order valence-electron chi connectivity index (χ1n) is 7.25. The summed E-state index contributed by atoms with van der Waals surface area (Å²) in [5.41, 5.74) is 1.17. The lowest BCUT2D eigenvalue weighted by Gasteiger charge is -2.07. The first kappa shape index (κ1) is 17.6. The van der Waals surface area contributed by atoms with E-state index >= 15 is 0 Å². The topological polar surface area (TPSA) is 43.4 Å². The standard InChI is InChI=1S/C16H26O3/c1-5-9-11-13(7-3)15(17)19-16(18)14(8-4)12-10-6-2/h11-12H,5-10H2,1-4H3/b13-11+,14-12+. The SMILES string of the molecule is CCC/C=C(\CC)C(=O)OC(=O)/C(=C/CCC)CC. The van der Waals surface area contributed by atoms with Crippen LogP contribution in [0.15, 0.2) is 23.3 Å².